The summed E-state index contributed by atoms with van der Waals surface area (Å²) in [6.45, 7) is 10.3. The van der Waals surface area contributed by atoms with Crippen LogP contribution in [0.3, 0.4) is 0 Å². The molecule has 144 valence electrons. The largest absolute Gasteiger partial charge is 0.441 e. The summed E-state index contributed by atoms with van der Waals surface area (Å²) in [5, 5.41) is 9.42. The van der Waals surface area contributed by atoms with Crippen molar-refractivity contribution < 1.29 is 19.4 Å². The standard InChI is InChI=1S/C18H33N3O4/c1-14(2)12-19(4)8-5-9-21-13-18(25-17(21)24)6-10-20(11-7-18)16(23)15(3)22/h14-15,22H,5-13H2,1-4H3/t15-/m0/s1. The molecule has 25 heavy (non-hydrogen) atoms. The van der Waals surface area contributed by atoms with Crippen molar-refractivity contribution in [1.29, 1.82) is 0 Å². The number of amides is 2. The SMILES string of the molecule is CC(C)CN(C)CCCN1CC2(CCN(C(=O)[C@H](C)O)CC2)OC1=O. The molecule has 7 heteroatoms. The second-order valence-corrected chi connectivity index (χ2v) is 7.98. The Morgan fingerprint density at radius 3 is 2.52 bits per heavy atom. The molecule has 1 spiro atoms. The monoisotopic (exact) mass is 355 g/mol. The Morgan fingerprint density at radius 2 is 1.96 bits per heavy atom. The first-order chi connectivity index (χ1) is 11.7. The van der Waals surface area contributed by atoms with Gasteiger partial charge in [-0.05, 0) is 32.9 Å². The Balaban J connectivity index is 1.77. The molecule has 0 saturated carbocycles. The molecule has 2 aliphatic heterocycles. The average molecular weight is 355 g/mol. The minimum atomic E-state index is -0.973. The molecule has 1 atom stereocenters. The van der Waals surface area contributed by atoms with Gasteiger partial charge in [0.25, 0.3) is 5.91 Å². The molecule has 0 aromatic rings. The molecular weight excluding hydrogens is 322 g/mol. The van der Waals surface area contributed by atoms with E-state index in [1.165, 1.54) is 6.92 Å². The maximum Gasteiger partial charge on any atom is 0.410 e. The van der Waals surface area contributed by atoms with Crippen LogP contribution in [0.25, 0.3) is 0 Å². The summed E-state index contributed by atoms with van der Waals surface area (Å²) in [5.41, 5.74) is -0.462. The number of carbonyl (C=O) groups is 2. The van der Waals surface area contributed by atoms with Gasteiger partial charge in [-0.25, -0.2) is 4.79 Å². The number of piperidine rings is 1. The first-order valence-electron chi connectivity index (χ1n) is 9.36. The minimum absolute atomic E-state index is 0.234. The highest BCUT2D eigenvalue weighted by Crippen LogP contribution is 2.33. The maximum atomic E-state index is 12.2. The predicted octanol–water partition coefficient (Wildman–Crippen LogP) is 1.16. The zero-order valence-corrected chi connectivity index (χ0v) is 16.0. The fourth-order valence-electron chi connectivity index (χ4n) is 3.77. The molecule has 2 fully saturated rings. The summed E-state index contributed by atoms with van der Waals surface area (Å²) in [7, 11) is 2.11. The zero-order chi connectivity index (χ0) is 18.6. The van der Waals surface area contributed by atoms with E-state index in [9.17, 15) is 14.7 Å². The highest BCUT2D eigenvalue weighted by molar-refractivity contribution is 5.80. The summed E-state index contributed by atoms with van der Waals surface area (Å²) in [6.07, 6.45) is 1.00. The van der Waals surface area contributed by atoms with Gasteiger partial charge in [0, 0.05) is 39.0 Å². The van der Waals surface area contributed by atoms with Gasteiger partial charge in [0.2, 0.25) is 0 Å². The number of nitrogens with zero attached hydrogens (tertiary/aromatic N) is 3. The Kier molecular flexibility index (Phi) is 6.68. The molecule has 0 bridgehead atoms. The molecule has 1 N–H and O–H groups in total. The summed E-state index contributed by atoms with van der Waals surface area (Å²) in [4.78, 5) is 29.8. The van der Waals surface area contributed by atoms with Crippen LogP contribution in [0, 0.1) is 5.92 Å². The third kappa shape index (κ3) is 5.31. The van der Waals surface area contributed by atoms with Gasteiger partial charge in [0.1, 0.15) is 11.7 Å². The molecule has 0 aliphatic carbocycles. The summed E-state index contributed by atoms with van der Waals surface area (Å²) in [5.74, 6) is 0.392. The van der Waals surface area contributed by atoms with Gasteiger partial charge in [0.05, 0.1) is 6.54 Å². The molecule has 0 aromatic heterocycles. The fourth-order valence-corrected chi connectivity index (χ4v) is 3.77. The van der Waals surface area contributed by atoms with Gasteiger partial charge >= 0.3 is 6.09 Å². The highest BCUT2D eigenvalue weighted by Gasteiger charge is 2.47. The molecule has 2 heterocycles. The molecule has 2 amide bonds. The van der Waals surface area contributed by atoms with Crippen LogP contribution in [0.15, 0.2) is 0 Å². The van der Waals surface area contributed by atoms with Crippen molar-refractivity contribution >= 4 is 12.0 Å². The van der Waals surface area contributed by atoms with Gasteiger partial charge in [0.15, 0.2) is 0 Å². The number of carbonyl (C=O) groups excluding carboxylic acids is 2. The minimum Gasteiger partial charge on any atom is -0.441 e. The van der Waals surface area contributed by atoms with Crippen molar-refractivity contribution in [3.63, 3.8) is 0 Å². The van der Waals surface area contributed by atoms with E-state index < -0.39 is 11.7 Å². The molecule has 0 aromatic carbocycles. The fraction of sp³-hybridized carbons (Fsp3) is 0.889. The molecule has 2 rings (SSSR count). The van der Waals surface area contributed by atoms with E-state index in [1.54, 1.807) is 9.80 Å². The summed E-state index contributed by atoms with van der Waals surface area (Å²) < 4.78 is 5.69. The third-order valence-corrected chi connectivity index (χ3v) is 5.03. The maximum absolute atomic E-state index is 12.2. The van der Waals surface area contributed by atoms with Crippen LogP contribution >= 0.6 is 0 Å². The zero-order valence-electron chi connectivity index (χ0n) is 16.0. The summed E-state index contributed by atoms with van der Waals surface area (Å²) in [6, 6.07) is 0. The van der Waals surface area contributed by atoms with Crippen molar-refractivity contribution in [3.05, 3.63) is 0 Å². The van der Waals surface area contributed by atoms with Gasteiger partial charge in [-0.1, -0.05) is 13.8 Å². The smallest absolute Gasteiger partial charge is 0.410 e. The van der Waals surface area contributed by atoms with E-state index in [4.69, 9.17) is 4.74 Å². The van der Waals surface area contributed by atoms with Gasteiger partial charge in [-0.3, -0.25) is 4.79 Å². The van der Waals surface area contributed by atoms with Crippen molar-refractivity contribution in [1.82, 2.24) is 14.7 Å². The Labute approximate surface area is 150 Å². The first kappa shape index (κ1) is 20.0. The van der Waals surface area contributed by atoms with Crippen LogP contribution in [0.5, 0.6) is 0 Å². The van der Waals surface area contributed by atoms with E-state index in [1.807, 2.05) is 0 Å². The van der Waals surface area contributed by atoms with E-state index in [0.29, 0.717) is 44.9 Å². The first-order valence-corrected chi connectivity index (χ1v) is 9.36. The van der Waals surface area contributed by atoms with Crippen LogP contribution in [0.2, 0.25) is 0 Å². The summed E-state index contributed by atoms with van der Waals surface area (Å²) >= 11 is 0. The lowest BCUT2D eigenvalue weighted by molar-refractivity contribution is -0.142. The van der Waals surface area contributed by atoms with E-state index in [2.05, 4.69) is 25.8 Å². The van der Waals surface area contributed by atoms with Crippen LogP contribution in [0.4, 0.5) is 4.79 Å². The Bertz CT molecular complexity index is 473. The third-order valence-electron chi connectivity index (χ3n) is 5.03. The van der Waals surface area contributed by atoms with Crippen molar-refractivity contribution in [2.45, 2.75) is 51.7 Å². The van der Waals surface area contributed by atoms with E-state index in [-0.39, 0.29) is 12.0 Å². The molecule has 2 aliphatic rings. The molecule has 0 unspecified atom stereocenters. The highest BCUT2D eigenvalue weighted by atomic mass is 16.6. The number of aliphatic hydroxyl groups excluding tert-OH is 1. The number of ether oxygens (including phenoxy) is 1. The topological polar surface area (TPSA) is 73.3 Å². The number of hydrogen-bond donors (Lipinski definition) is 1. The average Bonchev–Trinajstić information content (AvgIpc) is 2.82. The van der Waals surface area contributed by atoms with Crippen LogP contribution in [-0.2, 0) is 9.53 Å². The Morgan fingerprint density at radius 1 is 1.32 bits per heavy atom. The van der Waals surface area contributed by atoms with Crippen LogP contribution < -0.4 is 0 Å². The Hall–Kier alpha value is -1.34. The molecular formula is C18H33N3O4. The number of likely N-dealkylation sites (tertiary alicyclic amines) is 1. The quantitative estimate of drug-likeness (QED) is 0.742. The lowest BCUT2D eigenvalue weighted by Crippen LogP contribution is -2.50. The van der Waals surface area contributed by atoms with Crippen molar-refractivity contribution in [3.8, 4) is 0 Å². The molecule has 7 nitrogen and oxygen atoms in total. The lowest BCUT2D eigenvalue weighted by atomic mass is 9.91. The van der Waals surface area contributed by atoms with Crippen molar-refractivity contribution in [2.75, 3.05) is 46.3 Å². The normalized spacial score (nSPS) is 21.3. The second-order valence-electron chi connectivity index (χ2n) is 7.98. The number of rotatable bonds is 7. The van der Waals surface area contributed by atoms with Gasteiger partial charge in [-0.2, -0.15) is 0 Å². The van der Waals surface area contributed by atoms with Gasteiger partial charge < -0.3 is 24.5 Å². The molecule has 2 saturated heterocycles. The second kappa shape index (κ2) is 8.36. The van der Waals surface area contributed by atoms with Gasteiger partial charge in [-0.15, -0.1) is 0 Å². The van der Waals surface area contributed by atoms with Crippen LogP contribution in [0.1, 0.15) is 40.0 Å². The molecule has 0 radical (unpaired) electrons. The predicted molar refractivity (Wildman–Crippen MR) is 95.2 cm³/mol. The van der Waals surface area contributed by atoms with Crippen LogP contribution in [-0.4, -0.2) is 89.8 Å². The number of hydrogen-bond acceptors (Lipinski definition) is 5. The lowest BCUT2D eigenvalue weighted by Gasteiger charge is -2.37. The van der Waals surface area contributed by atoms with E-state index >= 15 is 0 Å². The number of aliphatic hydroxyl groups is 1. The van der Waals surface area contributed by atoms with Crippen molar-refractivity contribution in [2.24, 2.45) is 5.92 Å². The van der Waals surface area contributed by atoms with E-state index in [0.717, 1.165) is 19.5 Å².